The van der Waals surface area contributed by atoms with Crippen molar-refractivity contribution >= 4 is 11.4 Å². The van der Waals surface area contributed by atoms with E-state index in [2.05, 4.69) is 51.5 Å². The molecule has 0 aliphatic carbocycles. The molecular formula is C44H45F4N5O2. The predicted octanol–water partition coefficient (Wildman–Crippen LogP) is 8.59. The molecule has 2 atom stereocenters. The third-order valence-electron chi connectivity index (χ3n) is 11.2. The van der Waals surface area contributed by atoms with E-state index in [1.165, 1.54) is 12.0 Å². The molecule has 0 unspecified atom stereocenters. The van der Waals surface area contributed by atoms with E-state index in [1.54, 1.807) is 6.20 Å². The zero-order valence-electron chi connectivity index (χ0n) is 31.0. The Bertz CT molecular complexity index is 1980. The summed E-state index contributed by atoms with van der Waals surface area (Å²) in [6.07, 6.45) is -1.91. The van der Waals surface area contributed by atoms with Crippen LogP contribution in [0.4, 0.5) is 28.9 Å². The van der Waals surface area contributed by atoms with Gasteiger partial charge in [0.1, 0.15) is 22.7 Å². The first-order valence-corrected chi connectivity index (χ1v) is 18.8. The molecule has 3 aliphatic heterocycles. The van der Waals surface area contributed by atoms with E-state index in [9.17, 15) is 17.6 Å². The lowest BCUT2D eigenvalue weighted by atomic mass is 9.75. The molecule has 1 fully saturated rings. The van der Waals surface area contributed by atoms with Crippen molar-refractivity contribution in [3.8, 4) is 11.5 Å². The number of fused-ring (bicyclic) bond motifs is 3. The molecule has 286 valence electrons. The maximum absolute atomic E-state index is 14.3. The third-order valence-corrected chi connectivity index (χ3v) is 11.2. The highest BCUT2D eigenvalue weighted by molar-refractivity contribution is 5.73. The van der Waals surface area contributed by atoms with E-state index >= 15 is 0 Å². The molecule has 0 bridgehead atoms. The number of rotatable bonds is 12. The van der Waals surface area contributed by atoms with Crippen molar-refractivity contribution in [2.45, 2.75) is 49.6 Å². The number of nitrogens with one attached hydrogen (secondary N) is 1. The topological polar surface area (TPSA) is 53.1 Å². The lowest BCUT2D eigenvalue weighted by Gasteiger charge is -2.44. The SMILES string of the molecule is COc1cc(NC2CN(CCCF)C2)cnc1[C@@H]1c2ccc3c(c2C[C@@H](C)N1CC(F)(F)F)OCN3C(c1ccccc1)(c1ccccc1)c1ccccc1. The summed E-state index contributed by atoms with van der Waals surface area (Å²) in [6.45, 7) is 2.88. The fraction of sp³-hybridized carbons (Fsp3) is 0.341. The van der Waals surface area contributed by atoms with Crippen molar-refractivity contribution in [1.29, 1.82) is 0 Å². The summed E-state index contributed by atoms with van der Waals surface area (Å²) in [5.41, 5.74) is 5.95. The Morgan fingerprint density at radius 3 is 2.05 bits per heavy atom. The van der Waals surface area contributed by atoms with Crippen LogP contribution >= 0.6 is 0 Å². The molecule has 0 spiro atoms. The van der Waals surface area contributed by atoms with Crippen LogP contribution < -0.4 is 19.7 Å². The smallest absolute Gasteiger partial charge is 0.401 e. The van der Waals surface area contributed by atoms with Crippen LogP contribution in [0.2, 0.25) is 0 Å². The van der Waals surface area contributed by atoms with Crippen LogP contribution in [-0.4, -0.2) is 79.7 Å². The van der Waals surface area contributed by atoms with Crippen LogP contribution in [0.3, 0.4) is 0 Å². The van der Waals surface area contributed by atoms with Crippen molar-refractivity contribution < 1.29 is 27.0 Å². The summed E-state index contributed by atoms with van der Waals surface area (Å²) >= 11 is 0. The highest BCUT2D eigenvalue weighted by atomic mass is 19.4. The number of hydrogen-bond acceptors (Lipinski definition) is 7. The number of pyridine rings is 1. The molecule has 11 heteroatoms. The van der Waals surface area contributed by atoms with Crippen molar-refractivity contribution in [3.63, 3.8) is 0 Å². The Morgan fingerprint density at radius 1 is 0.873 bits per heavy atom. The van der Waals surface area contributed by atoms with Crippen molar-refractivity contribution in [2.24, 2.45) is 0 Å². The fourth-order valence-electron chi connectivity index (χ4n) is 8.82. The minimum absolute atomic E-state index is 0.159. The summed E-state index contributed by atoms with van der Waals surface area (Å²) in [5.74, 6) is 1.07. The monoisotopic (exact) mass is 751 g/mol. The van der Waals surface area contributed by atoms with Crippen LogP contribution in [0.25, 0.3) is 0 Å². The second-order valence-corrected chi connectivity index (χ2v) is 14.7. The van der Waals surface area contributed by atoms with Gasteiger partial charge < -0.3 is 19.7 Å². The molecule has 55 heavy (non-hydrogen) atoms. The zero-order valence-corrected chi connectivity index (χ0v) is 31.0. The Hall–Kier alpha value is -5.13. The minimum atomic E-state index is -4.44. The number of benzene rings is 4. The highest BCUT2D eigenvalue weighted by Gasteiger charge is 2.49. The maximum atomic E-state index is 14.3. The standard InChI is InChI=1S/C44H45F4N5O2/c1-30-23-37-36(41(52(30)28-43(46,47)48)40-39(54-2)24-34(25-49-40)50-35-26-51(27-35)22-12-21-45)19-20-38-42(37)55-29-53(38)44(31-13-6-3-7-14-31,32-15-8-4-9-16-32)33-17-10-5-11-18-33/h3-11,13-20,24-25,30,35,41,50H,12,21-23,26-29H2,1-2H3/t30-,41+/m1/s1. The summed E-state index contributed by atoms with van der Waals surface area (Å²) in [7, 11) is 1.52. The molecule has 4 heterocycles. The zero-order chi connectivity index (χ0) is 38.2. The molecule has 1 saturated heterocycles. The molecule has 0 saturated carbocycles. The molecule has 0 amide bonds. The van der Waals surface area contributed by atoms with E-state index in [-0.39, 0.29) is 19.4 Å². The largest absolute Gasteiger partial charge is 0.495 e. The van der Waals surface area contributed by atoms with Crippen LogP contribution in [0.15, 0.2) is 115 Å². The number of likely N-dealkylation sites (tertiary alicyclic amines) is 1. The van der Waals surface area contributed by atoms with Crippen molar-refractivity contribution in [2.75, 3.05) is 56.9 Å². The van der Waals surface area contributed by atoms with Gasteiger partial charge in [0.15, 0.2) is 6.73 Å². The maximum Gasteiger partial charge on any atom is 0.401 e. The van der Waals surface area contributed by atoms with Gasteiger partial charge in [-0.1, -0.05) is 97.1 Å². The number of aromatic nitrogens is 1. The third kappa shape index (κ3) is 6.89. The molecule has 8 rings (SSSR count). The minimum Gasteiger partial charge on any atom is -0.495 e. The highest BCUT2D eigenvalue weighted by Crippen LogP contribution is 2.54. The predicted molar refractivity (Wildman–Crippen MR) is 207 cm³/mol. The normalized spacial score (nSPS) is 19.0. The summed E-state index contributed by atoms with van der Waals surface area (Å²) in [6, 6.07) is 35.6. The first-order chi connectivity index (χ1) is 26.7. The van der Waals surface area contributed by atoms with Gasteiger partial charge in [-0.3, -0.25) is 19.2 Å². The van der Waals surface area contributed by atoms with Gasteiger partial charge in [-0.05, 0) is 48.1 Å². The van der Waals surface area contributed by atoms with Gasteiger partial charge >= 0.3 is 6.18 Å². The molecule has 7 nitrogen and oxygen atoms in total. The summed E-state index contributed by atoms with van der Waals surface area (Å²) in [4.78, 5) is 10.8. The van der Waals surface area contributed by atoms with Crippen LogP contribution in [0.1, 0.15) is 52.9 Å². The van der Waals surface area contributed by atoms with Gasteiger partial charge in [0, 0.05) is 37.3 Å². The first-order valence-electron chi connectivity index (χ1n) is 18.8. The Morgan fingerprint density at radius 2 is 1.49 bits per heavy atom. The van der Waals surface area contributed by atoms with Crippen molar-refractivity contribution in [3.05, 3.63) is 149 Å². The van der Waals surface area contributed by atoms with Gasteiger partial charge in [-0.15, -0.1) is 0 Å². The van der Waals surface area contributed by atoms with Gasteiger partial charge in [-0.2, -0.15) is 13.2 Å². The van der Waals surface area contributed by atoms with E-state index in [4.69, 9.17) is 14.5 Å². The fourth-order valence-corrected chi connectivity index (χ4v) is 8.82. The summed E-state index contributed by atoms with van der Waals surface area (Å²) in [5, 5.41) is 3.46. The van der Waals surface area contributed by atoms with Crippen LogP contribution in [0.5, 0.6) is 11.5 Å². The molecular weight excluding hydrogens is 707 g/mol. The lowest BCUT2D eigenvalue weighted by Crippen LogP contribution is -2.54. The number of ether oxygens (including phenoxy) is 2. The van der Waals surface area contributed by atoms with E-state index < -0.39 is 30.3 Å². The van der Waals surface area contributed by atoms with E-state index in [1.807, 2.05) is 79.7 Å². The molecule has 1 N–H and O–H groups in total. The number of hydrogen-bond donors (Lipinski definition) is 1. The van der Waals surface area contributed by atoms with Gasteiger partial charge in [0.2, 0.25) is 0 Å². The molecule has 1 aromatic heterocycles. The Balaban J connectivity index is 1.23. The Labute approximate surface area is 319 Å². The average Bonchev–Trinajstić information content (AvgIpc) is 3.62. The summed E-state index contributed by atoms with van der Waals surface area (Å²) < 4.78 is 68.3. The van der Waals surface area contributed by atoms with E-state index in [0.717, 1.165) is 41.0 Å². The first kappa shape index (κ1) is 36.8. The van der Waals surface area contributed by atoms with E-state index in [0.29, 0.717) is 47.8 Å². The van der Waals surface area contributed by atoms with Crippen LogP contribution in [0, 0.1) is 0 Å². The second kappa shape index (κ2) is 15.2. The van der Waals surface area contributed by atoms with Crippen molar-refractivity contribution in [1.82, 2.24) is 14.8 Å². The van der Waals surface area contributed by atoms with Crippen LogP contribution in [-0.2, 0) is 12.0 Å². The average molecular weight is 752 g/mol. The number of alkyl halides is 4. The lowest BCUT2D eigenvalue weighted by molar-refractivity contribution is -0.155. The van der Waals surface area contributed by atoms with Gasteiger partial charge in [0.05, 0.1) is 50.0 Å². The number of methoxy groups -OCH3 is 1. The Kier molecular flexibility index (Phi) is 10.2. The molecule has 5 aromatic rings. The van der Waals surface area contributed by atoms with Gasteiger partial charge in [0.25, 0.3) is 0 Å². The van der Waals surface area contributed by atoms with Gasteiger partial charge in [-0.25, -0.2) is 0 Å². The molecule has 3 aliphatic rings. The number of nitrogens with zero attached hydrogens (tertiary/aromatic N) is 4. The molecule has 0 radical (unpaired) electrons. The number of anilines is 2. The molecule has 4 aromatic carbocycles. The quantitative estimate of drug-likeness (QED) is 0.101. The second-order valence-electron chi connectivity index (χ2n) is 14.7. The number of halogens is 4.